The Morgan fingerprint density at radius 1 is 0.289 bits per heavy atom. The van der Waals surface area contributed by atoms with Gasteiger partial charge in [-0.15, -0.1) is 0 Å². The summed E-state index contributed by atoms with van der Waals surface area (Å²) in [4.78, 5) is 2.28. The van der Waals surface area contributed by atoms with Gasteiger partial charge in [0.1, 0.15) is 0 Å². The summed E-state index contributed by atoms with van der Waals surface area (Å²) in [6.45, 7) is 0. The van der Waals surface area contributed by atoms with Crippen molar-refractivity contribution < 1.29 is 0 Å². The molecule has 0 aromatic heterocycles. The lowest BCUT2D eigenvalue weighted by Crippen LogP contribution is -2.09. The molecule has 0 aliphatic heterocycles. The lowest BCUT2D eigenvalue weighted by Gasteiger charge is -2.25. The molecule has 0 saturated carbocycles. The van der Waals surface area contributed by atoms with Crippen LogP contribution in [-0.2, 0) is 0 Å². The summed E-state index contributed by atoms with van der Waals surface area (Å²) in [7, 11) is 0. The van der Waals surface area contributed by atoms with E-state index < -0.39 is 0 Å². The highest BCUT2D eigenvalue weighted by atomic mass is 15.1. The lowest BCUT2D eigenvalue weighted by atomic mass is 9.92. The zero-order chi connectivity index (χ0) is 30.0. The maximum Gasteiger partial charge on any atom is 0.0462 e. The van der Waals surface area contributed by atoms with Gasteiger partial charge in [0.25, 0.3) is 0 Å². The van der Waals surface area contributed by atoms with Crippen LogP contribution in [0.3, 0.4) is 0 Å². The lowest BCUT2D eigenvalue weighted by molar-refractivity contribution is 1.28. The summed E-state index contributed by atoms with van der Waals surface area (Å²) in [5.74, 6) is 0. The number of nitrogens with zero attached hydrogens (tertiary/aromatic N) is 1. The van der Waals surface area contributed by atoms with Gasteiger partial charge in [0, 0.05) is 17.1 Å². The maximum atomic E-state index is 2.35. The average molecular weight is 574 g/mol. The molecule has 45 heavy (non-hydrogen) atoms. The van der Waals surface area contributed by atoms with E-state index in [-0.39, 0.29) is 0 Å². The van der Waals surface area contributed by atoms with Crippen molar-refractivity contribution in [3.63, 3.8) is 0 Å². The van der Waals surface area contributed by atoms with Crippen molar-refractivity contribution in [1.82, 2.24) is 0 Å². The molecule has 0 aliphatic rings. The highest BCUT2D eigenvalue weighted by molar-refractivity contribution is 6.25. The minimum atomic E-state index is 1.13. The van der Waals surface area contributed by atoms with E-state index in [0.29, 0.717) is 0 Å². The second kappa shape index (κ2) is 11.6. The van der Waals surface area contributed by atoms with Crippen LogP contribution < -0.4 is 4.90 Å². The Kier molecular flexibility index (Phi) is 6.90. The van der Waals surface area contributed by atoms with E-state index in [0.717, 1.165) is 22.6 Å². The normalized spacial score (nSPS) is 11.5. The zero-order valence-corrected chi connectivity index (χ0v) is 24.8. The summed E-state index contributed by atoms with van der Waals surface area (Å²) >= 11 is 0. The number of rotatable bonds is 6. The van der Waals surface area contributed by atoms with Gasteiger partial charge in [-0.2, -0.15) is 0 Å². The predicted octanol–water partition coefficient (Wildman–Crippen LogP) is 12.5. The third-order valence-corrected chi connectivity index (χ3v) is 8.64. The summed E-state index contributed by atoms with van der Waals surface area (Å²) in [6, 6.07) is 63.0. The SMILES string of the molecule is C(=C\c1ccc(N(c2ccccc2)c2ccccc2)cc1)/c1ccc(-c2ccc3c4ccccc4c4ccccc4c3c2)cc1. The standard InChI is InChI=1S/C44H31N/c1-3-11-36(12-4-1)45(37-13-5-2-6-14-37)38-28-23-33(24-29-38)20-19-32-21-25-34(26-22-32)35-27-30-43-41-17-8-7-15-39(41)40-16-9-10-18-42(40)44(43)31-35/h1-31H/b20-19+. The second-order valence-electron chi connectivity index (χ2n) is 11.4. The van der Waals surface area contributed by atoms with Crippen LogP contribution in [0.5, 0.6) is 0 Å². The van der Waals surface area contributed by atoms with Gasteiger partial charge in [-0.3, -0.25) is 0 Å². The Bertz CT molecular complexity index is 2210. The Morgan fingerprint density at radius 2 is 0.667 bits per heavy atom. The molecule has 1 heteroatoms. The van der Waals surface area contributed by atoms with Crippen LogP contribution in [0, 0.1) is 0 Å². The minimum Gasteiger partial charge on any atom is -0.311 e. The Labute approximate surface area is 264 Å². The number of hydrogen-bond donors (Lipinski definition) is 0. The molecule has 0 heterocycles. The monoisotopic (exact) mass is 573 g/mol. The molecule has 0 saturated heterocycles. The van der Waals surface area contributed by atoms with Crippen LogP contribution >= 0.6 is 0 Å². The van der Waals surface area contributed by atoms with E-state index in [1.807, 2.05) is 0 Å². The number of fused-ring (bicyclic) bond motifs is 6. The first-order valence-corrected chi connectivity index (χ1v) is 15.4. The molecule has 0 aliphatic carbocycles. The van der Waals surface area contributed by atoms with E-state index in [2.05, 4.69) is 193 Å². The van der Waals surface area contributed by atoms with Gasteiger partial charge in [0.05, 0.1) is 0 Å². The Morgan fingerprint density at radius 3 is 1.18 bits per heavy atom. The highest BCUT2D eigenvalue weighted by Gasteiger charge is 2.12. The smallest absolute Gasteiger partial charge is 0.0462 e. The number of hydrogen-bond acceptors (Lipinski definition) is 1. The van der Waals surface area contributed by atoms with Crippen LogP contribution in [0.2, 0.25) is 0 Å². The van der Waals surface area contributed by atoms with Crippen molar-refractivity contribution in [2.24, 2.45) is 0 Å². The van der Waals surface area contributed by atoms with E-state index in [4.69, 9.17) is 0 Å². The molecule has 8 rings (SSSR count). The fourth-order valence-electron chi connectivity index (χ4n) is 6.40. The van der Waals surface area contributed by atoms with Gasteiger partial charge in [0.2, 0.25) is 0 Å². The van der Waals surface area contributed by atoms with Crippen LogP contribution in [-0.4, -0.2) is 0 Å². The van der Waals surface area contributed by atoms with Crippen LogP contribution in [0.15, 0.2) is 176 Å². The summed E-state index contributed by atoms with van der Waals surface area (Å²) < 4.78 is 0. The summed E-state index contributed by atoms with van der Waals surface area (Å²) in [6.07, 6.45) is 4.37. The van der Waals surface area contributed by atoms with E-state index >= 15 is 0 Å². The average Bonchev–Trinajstić information content (AvgIpc) is 3.12. The topological polar surface area (TPSA) is 3.24 Å². The quantitative estimate of drug-likeness (QED) is 0.141. The van der Waals surface area contributed by atoms with Gasteiger partial charge < -0.3 is 4.90 Å². The van der Waals surface area contributed by atoms with E-state index in [1.54, 1.807) is 0 Å². The minimum absolute atomic E-state index is 1.13. The van der Waals surface area contributed by atoms with Crippen LogP contribution in [0.25, 0.3) is 55.6 Å². The molecular formula is C44H31N. The molecule has 212 valence electrons. The van der Waals surface area contributed by atoms with Crippen molar-refractivity contribution in [2.45, 2.75) is 0 Å². The van der Waals surface area contributed by atoms with Crippen LogP contribution in [0.1, 0.15) is 11.1 Å². The molecule has 0 N–H and O–H groups in total. The van der Waals surface area contributed by atoms with Gasteiger partial charge in [-0.25, -0.2) is 0 Å². The largest absolute Gasteiger partial charge is 0.311 e. The van der Waals surface area contributed by atoms with Crippen LogP contribution in [0.4, 0.5) is 17.1 Å². The van der Waals surface area contributed by atoms with Crippen molar-refractivity contribution in [3.8, 4) is 11.1 Å². The zero-order valence-electron chi connectivity index (χ0n) is 24.8. The fraction of sp³-hybridized carbons (Fsp3) is 0. The molecular weight excluding hydrogens is 542 g/mol. The summed E-state index contributed by atoms with van der Waals surface area (Å²) in [5.41, 5.74) is 8.20. The van der Waals surface area contributed by atoms with E-state index in [1.165, 1.54) is 49.0 Å². The van der Waals surface area contributed by atoms with E-state index in [9.17, 15) is 0 Å². The molecule has 8 aromatic rings. The molecule has 0 spiro atoms. The number of benzene rings is 8. The van der Waals surface area contributed by atoms with Gasteiger partial charge in [-0.1, -0.05) is 146 Å². The van der Waals surface area contributed by atoms with Gasteiger partial charge >= 0.3 is 0 Å². The fourth-order valence-corrected chi connectivity index (χ4v) is 6.40. The van der Waals surface area contributed by atoms with Crippen molar-refractivity contribution in [3.05, 3.63) is 187 Å². The molecule has 0 bridgehead atoms. The molecule has 8 aromatic carbocycles. The van der Waals surface area contributed by atoms with Crippen molar-refractivity contribution in [2.75, 3.05) is 4.90 Å². The molecule has 0 unspecified atom stereocenters. The number of para-hydroxylation sites is 2. The molecule has 0 radical (unpaired) electrons. The number of anilines is 3. The Hall–Kier alpha value is -5.92. The highest BCUT2D eigenvalue weighted by Crippen LogP contribution is 2.37. The summed E-state index contributed by atoms with van der Waals surface area (Å²) in [5, 5.41) is 7.82. The third kappa shape index (κ3) is 5.15. The van der Waals surface area contributed by atoms with Crippen molar-refractivity contribution in [1.29, 1.82) is 0 Å². The molecule has 0 atom stereocenters. The molecule has 1 nitrogen and oxygen atoms in total. The van der Waals surface area contributed by atoms with Gasteiger partial charge in [-0.05, 0) is 97.0 Å². The molecule has 0 amide bonds. The third-order valence-electron chi connectivity index (χ3n) is 8.64. The predicted molar refractivity (Wildman–Crippen MR) is 194 cm³/mol. The second-order valence-corrected chi connectivity index (χ2v) is 11.4. The first-order chi connectivity index (χ1) is 22.3. The van der Waals surface area contributed by atoms with Gasteiger partial charge in [0.15, 0.2) is 0 Å². The first kappa shape index (κ1) is 26.7. The van der Waals surface area contributed by atoms with Crippen molar-refractivity contribution >= 4 is 61.5 Å². The Balaban J connectivity index is 1.06. The first-order valence-electron chi connectivity index (χ1n) is 15.4. The maximum absolute atomic E-state index is 2.35. The molecule has 0 fully saturated rings.